The van der Waals surface area contributed by atoms with Crippen molar-refractivity contribution in [1.29, 1.82) is 0 Å². The Kier molecular flexibility index (Phi) is 6.34. The number of carbonyl (C=O) groups is 1. The molecule has 0 saturated carbocycles. The van der Waals surface area contributed by atoms with Gasteiger partial charge in [-0.2, -0.15) is 0 Å². The third kappa shape index (κ3) is 4.48. The van der Waals surface area contributed by atoms with Crippen molar-refractivity contribution in [3.05, 3.63) is 53.6 Å². The number of hydrogen-bond acceptors (Lipinski definition) is 6. The van der Waals surface area contributed by atoms with Crippen LogP contribution in [0.4, 0.5) is 5.69 Å². The van der Waals surface area contributed by atoms with Crippen molar-refractivity contribution >= 4 is 11.6 Å². The van der Waals surface area contributed by atoms with Gasteiger partial charge >= 0.3 is 0 Å². The third-order valence-corrected chi connectivity index (χ3v) is 6.08. The number of rotatable bonds is 7. The van der Waals surface area contributed by atoms with Crippen molar-refractivity contribution in [1.82, 2.24) is 5.32 Å². The summed E-state index contributed by atoms with van der Waals surface area (Å²) in [5, 5.41) is 12.9. The molecule has 1 fully saturated rings. The fourth-order valence-corrected chi connectivity index (χ4v) is 4.48. The van der Waals surface area contributed by atoms with Crippen LogP contribution in [0.1, 0.15) is 29.9 Å². The van der Waals surface area contributed by atoms with Gasteiger partial charge in [0.05, 0.1) is 26.2 Å². The number of benzene rings is 2. The van der Waals surface area contributed by atoms with Crippen molar-refractivity contribution in [3.8, 4) is 11.5 Å². The largest absolute Gasteiger partial charge is 0.496 e. The SMILES string of the molecule is COc1ccccc1CNC(=O)C[C@@H]1C[C@H]2c3cc(N(C)C)ccc3O[C@H]2[C@H](CO)O1. The summed E-state index contributed by atoms with van der Waals surface area (Å²) in [6.45, 7) is 0.248. The summed E-state index contributed by atoms with van der Waals surface area (Å²) in [4.78, 5) is 14.7. The summed E-state index contributed by atoms with van der Waals surface area (Å²) in [5.74, 6) is 1.58. The molecule has 7 heteroatoms. The maximum atomic E-state index is 12.6. The van der Waals surface area contributed by atoms with E-state index in [9.17, 15) is 9.90 Å². The number of aliphatic hydroxyl groups excluding tert-OH is 1. The second-order valence-electron chi connectivity index (χ2n) is 8.31. The lowest BCUT2D eigenvalue weighted by molar-refractivity contribution is -0.142. The molecule has 2 heterocycles. The Balaban J connectivity index is 1.43. The van der Waals surface area contributed by atoms with Crippen LogP contribution in [0.2, 0.25) is 0 Å². The van der Waals surface area contributed by atoms with Crippen LogP contribution in [0.15, 0.2) is 42.5 Å². The van der Waals surface area contributed by atoms with E-state index >= 15 is 0 Å². The number of carbonyl (C=O) groups excluding carboxylic acids is 1. The molecule has 0 spiro atoms. The van der Waals surface area contributed by atoms with Gasteiger partial charge in [0.1, 0.15) is 23.7 Å². The Morgan fingerprint density at radius 3 is 2.81 bits per heavy atom. The van der Waals surface area contributed by atoms with E-state index in [2.05, 4.69) is 16.3 Å². The molecule has 2 aromatic carbocycles. The first-order chi connectivity index (χ1) is 15.0. The zero-order valence-corrected chi connectivity index (χ0v) is 18.2. The van der Waals surface area contributed by atoms with Crippen LogP contribution < -0.4 is 19.7 Å². The Hall–Kier alpha value is -2.77. The molecule has 31 heavy (non-hydrogen) atoms. The second-order valence-corrected chi connectivity index (χ2v) is 8.31. The highest BCUT2D eigenvalue weighted by Crippen LogP contribution is 2.47. The summed E-state index contributed by atoms with van der Waals surface area (Å²) in [6, 6.07) is 13.8. The molecular formula is C24H30N2O5. The second kappa shape index (κ2) is 9.16. The number of hydrogen-bond donors (Lipinski definition) is 2. The molecule has 2 aliphatic heterocycles. The summed E-state index contributed by atoms with van der Waals surface area (Å²) in [7, 11) is 5.62. The van der Waals surface area contributed by atoms with Gasteiger partial charge in [-0.15, -0.1) is 0 Å². The average molecular weight is 427 g/mol. The summed E-state index contributed by atoms with van der Waals surface area (Å²) in [6.07, 6.45) is -0.0649. The quantitative estimate of drug-likeness (QED) is 0.708. The molecule has 0 aliphatic carbocycles. The first-order valence-corrected chi connectivity index (χ1v) is 10.6. The summed E-state index contributed by atoms with van der Waals surface area (Å²) >= 11 is 0. The highest BCUT2D eigenvalue weighted by atomic mass is 16.6. The van der Waals surface area contributed by atoms with Gasteiger partial charge in [-0.1, -0.05) is 18.2 Å². The molecule has 1 saturated heterocycles. The Labute approximate surface area is 182 Å². The first-order valence-electron chi connectivity index (χ1n) is 10.6. The number of nitrogens with one attached hydrogen (secondary N) is 1. The molecule has 7 nitrogen and oxygen atoms in total. The highest BCUT2D eigenvalue weighted by molar-refractivity contribution is 5.76. The van der Waals surface area contributed by atoms with Gasteiger partial charge in [-0.3, -0.25) is 4.79 Å². The standard InChI is InChI=1S/C24H30N2O5/c1-26(2)16-8-9-21-18(10-16)19-11-17(30-22(14-27)24(19)31-21)12-23(28)25-13-15-6-4-5-7-20(15)29-3/h4-10,17,19,22,24,27H,11-14H2,1-3H3,(H,25,28)/t17-,19-,22-,24+/m0/s1. The van der Waals surface area contributed by atoms with Crippen LogP contribution in [-0.4, -0.2) is 57.1 Å². The zero-order valence-electron chi connectivity index (χ0n) is 18.2. The number of ether oxygens (including phenoxy) is 3. The Morgan fingerprint density at radius 1 is 1.26 bits per heavy atom. The van der Waals surface area contributed by atoms with E-state index in [0.717, 1.165) is 28.3 Å². The van der Waals surface area contributed by atoms with Crippen molar-refractivity contribution in [3.63, 3.8) is 0 Å². The van der Waals surface area contributed by atoms with Crippen LogP contribution in [-0.2, 0) is 16.1 Å². The van der Waals surface area contributed by atoms with E-state index in [-0.39, 0.29) is 37.1 Å². The van der Waals surface area contributed by atoms with Crippen LogP contribution >= 0.6 is 0 Å². The van der Waals surface area contributed by atoms with Crippen molar-refractivity contribution < 1.29 is 24.1 Å². The lowest BCUT2D eigenvalue weighted by Crippen LogP contribution is -2.47. The van der Waals surface area contributed by atoms with Crippen LogP contribution in [0.25, 0.3) is 0 Å². The average Bonchev–Trinajstić information content (AvgIpc) is 3.15. The van der Waals surface area contributed by atoms with Gasteiger partial charge in [0.25, 0.3) is 0 Å². The maximum absolute atomic E-state index is 12.6. The topological polar surface area (TPSA) is 80.3 Å². The molecule has 0 radical (unpaired) electrons. The molecule has 1 amide bonds. The molecule has 0 unspecified atom stereocenters. The van der Waals surface area contributed by atoms with Crippen molar-refractivity contribution in [2.45, 2.75) is 43.6 Å². The van der Waals surface area contributed by atoms with Gasteiger partial charge in [-0.25, -0.2) is 0 Å². The third-order valence-electron chi connectivity index (χ3n) is 6.08. The monoisotopic (exact) mass is 426 g/mol. The molecule has 0 aromatic heterocycles. The highest BCUT2D eigenvalue weighted by Gasteiger charge is 2.46. The Morgan fingerprint density at radius 2 is 2.06 bits per heavy atom. The van der Waals surface area contributed by atoms with E-state index in [0.29, 0.717) is 13.0 Å². The number of amides is 1. The smallest absolute Gasteiger partial charge is 0.222 e. The zero-order chi connectivity index (χ0) is 22.0. The van der Waals surface area contributed by atoms with E-state index in [4.69, 9.17) is 14.2 Å². The normalized spacial score (nSPS) is 24.0. The summed E-state index contributed by atoms with van der Waals surface area (Å²) < 4.78 is 17.5. The minimum Gasteiger partial charge on any atom is -0.496 e. The lowest BCUT2D eigenvalue weighted by Gasteiger charge is -2.37. The minimum atomic E-state index is -0.457. The van der Waals surface area contributed by atoms with Crippen molar-refractivity contribution in [2.75, 3.05) is 32.7 Å². The number of anilines is 1. The molecule has 2 aromatic rings. The van der Waals surface area contributed by atoms with Crippen LogP contribution in [0.3, 0.4) is 0 Å². The molecule has 4 atom stereocenters. The van der Waals surface area contributed by atoms with Crippen LogP contribution in [0, 0.1) is 0 Å². The van der Waals surface area contributed by atoms with Gasteiger partial charge in [0.2, 0.25) is 5.91 Å². The fourth-order valence-electron chi connectivity index (χ4n) is 4.48. The lowest BCUT2D eigenvalue weighted by atomic mass is 9.84. The van der Waals surface area contributed by atoms with Gasteiger partial charge in [0.15, 0.2) is 0 Å². The first kappa shape index (κ1) is 21.5. The number of methoxy groups -OCH3 is 1. The molecular weight excluding hydrogens is 396 g/mol. The van der Waals surface area contributed by atoms with E-state index in [1.807, 2.05) is 50.5 Å². The predicted molar refractivity (Wildman–Crippen MR) is 118 cm³/mol. The Bertz CT molecular complexity index is 932. The van der Waals surface area contributed by atoms with Gasteiger partial charge in [0, 0.05) is 43.4 Å². The van der Waals surface area contributed by atoms with E-state index in [1.165, 1.54) is 0 Å². The number of nitrogens with zero attached hydrogens (tertiary/aromatic N) is 1. The van der Waals surface area contributed by atoms with Crippen LogP contribution in [0.5, 0.6) is 11.5 Å². The molecule has 4 rings (SSSR count). The molecule has 0 bridgehead atoms. The van der Waals surface area contributed by atoms with E-state index in [1.54, 1.807) is 7.11 Å². The van der Waals surface area contributed by atoms with E-state index < -0.39 is 6.10 Å². The number of para-hydroxylation sites is 1. The fraction of sp³-hybridized carbons (Fsp3) is 0.458. The molecule has 2 N–H and O–H groups in total. The maximum Gasteiger partial charge on any atom is 0.222 e. The number of fused-ring (bicyclic) bond motifs is 3. The van der Waals surface area contributed by atoms with Crippen molar-refractivity contribution in [2.24, 2.45) is 0 Å². The number of aliphatic hydroxyl groups is 1. The predicted octanol–water partition coefficient (Wildman–Crippen LogP) is 2.46. The molecule has 166 valence electrons. The molecule has 2 aliphatic rings. The summed E-state index contributed by atoms with van der Waals surface area (Å²) in [5.41, 5.74) is 3.14. The minimum absolute atomic E-state index is 0.0905. The van der Waals surface area contributed by atoms with Gasteiger partial charge < -0.3 is 29.5 Å². The van der Waals surface area contributed by atoms with Gasteiger partial charge in [-0.05, 0) is 30.7 Å².